The van der Waals surface area contributed by atoms with Crippen LogP contribution in [0.3, 0.4) is 0 Å². The van der Waals surface area contributed by atoms with Crippen molar-refractivity contribution in [3.05, 3.63) is 29.8 Å². The second-order valence-corrected chi connectivity index (χ2v) is 6.24. The monoisotopic (exact) mass is 242 g/mol. The maximum atomic E-state index is 5.64. The van der Waals surface area contributed by atoms with Gasteiger partial charge in [0.2, 0.25) is 0 Å². The molecule has 1 aromatic rings. The number of methoxy groups -OCH3 is 1. The largest absolute Gasteiger partial charge is 0.497 e. The fourth-order valence-electron chi connectivity index (χ4n) is 1.14. The molecule has 0 radical (unpaired) electrons. The van der Waals surface area contributed by atoms with Crippen LogP contribution in [0.4, 0.5) is 0 Å². The van der Waals surface area contributed by atoms with Gasteiger partial charge in [-0.1, -0.05) is 12.1 Å². The lowest BCUT2D eigenvalue weighted by Crippen LogP contribution is -2.39. The van der Waals surface area contributed by atoms with Crippen LogP contribution in [0.2, 0.25) is 6.55 Å². The van der Waals surface area contributed by atoms with Crippen molar-refractivity contribution >= 4 is 8.80 Å². The summed E-state index contributed by atoms with van der Waals surface area (Å²) >= 11 is 0. The van der Waals surface area contributed by atoms with Crippen molar-refractivity contribution in [3.63, 3.8) is 0 Å². The Hall–Kier alpha value is -0.883. The van der Waals surface area contributed by atoms with E-state index in [0.717, 1.165) is 11.3 Å². The SMILES string of the molecule is COc1ccc(CO[Si](C)(OC)OC)cc1. The van der Waals surface area contributed by atoms with Crippen molar-refractivity contribution in [2.45, 2.75) is 13.2 Å². The van der Waals surface area contributed by atoms with E-state index in [-0.39, 0.29) is 0 Å². The van der Waals surface area contributed by atoms with Crippen LogP contribution in [-0.4, -0.2) is 30.1 Å². The van der Waals surface area contributed by atoms with Gasteiger partial charge in [0.25, 0.3) is 0 Å². The van der Waals surface area contributed by atoms with Gasteiger partial charge in [0.1, 0.15) is 5.75 Å². The van der Waals surface area contributed by atoms with Crippen molar-refractivity contribution in [2.75, 3.05) is 21.3 Å². The molecule has 0 heterocycles. The molecule has 16 heavy (non-hydrogen) atoms. The molecule has 4 nitrogen and oxygen atoms in total. The van der Waals surface area contributed by atoms with Crippen molar-refractivity contribution in [2.24, 2.45) is 0 Å². The van der Waals surface area contributed by atoms with E-state index in [1.54, 1.807) is 21.3 Å². The molecule has 0 saturated carbocycles. The average molecular weight is 242 g/mol. The fraction of sp³-hybridized carbons (Fsp3) is 0.455. The Balaban J connectivity index is 2.54. The van der Waals surface area contributed by atoms with Crippen molar-refractivity contribution in [3.8, 4) is 5.75 Å². The van der Waals surface area contributed by atoms with Gasteiger partial charge in [-0.2, -0.15) is 0 Å². The van der Waals surface area contributed by atoms with Crippen LogP contribution in [0.5, 0.6) is 5.75 Å². The second-order valence-electron chi connectivity index (χ2n) is 3.41. The molecule has 0 aliphatic rings. The van der Waals surface area contributed by atoms with Crippen LogP contribution in [-0.2, 0) is 19.9 Å². The number of hydrogen-bond donors (Lipinski definition) is 0. The zero-order chi connectivity index (χ0) is 12.0. The molecule has 5 heteroatoms. The van der Waals surface area contributed by atoms with E-state index in [1.807, 2.05) is 30.8 Å². The molecular formula is C11H18O4Si. The molecule has 0 saturated heterocycles. The van der Waals surface area contributed by atoms with Crippen molar-refractivity contribution in [1.29, 1.82) is 0 Å². The lowest BCUT2D eigenvalue weighted by Gasteiger charge is -2.22. The van der Waals surface area contributed by atoms with Gasteiger partial charge in [-0.05, 0) is 17.7 Å². The normalized spacial score (nSPS) is 11.5. The highest BCUT2D eigenvalue weighted by atomic mass is 28.4. The number of benzene rings is 1. The molecule has 0 unspecified atom stereocenters. The third-order valence-corrected chi connectivity index (χ3v) is 4.55. The summed E-state index contributed by atoms with van der Waals surface area (Å²) in [6.07, 6.45) is 0. The zero-order valence-corrected chi connectivity index (χ0v) is 11.1. The predicted octanol–water partition coefficient (Wildman–Crippen LogP) is 2.07. The van der Waals surface area contributed by atoms with E-state index >= 15 is 0 Å². The Morgan fingerprint density at radius 2 is 1.56 bits per heavy atom. The summed E-state index contributed by atoms with van der Waals surface area (Å²) in [5.41, 5.74) is 1.06. The van der Waals surface area contributed by atoms with Crippen LogP contribution < -0.4 is 4.74 Å². The summed E-state index contributed by atoms with van der Waals surface area (Å²) in [6.45, 7) is 2.34. The second kappa shape index (κ2) is 6.00. The highest BCUT2D eigenvalue weighted by molar-refractivity contribution is 6.59. The Kier molecular flexibility index (Phi) is 4.95. The summed E-state index contributed by atoms with van der Waals surface area (Å²) in [5.74, 6) is 0.835. The zero-order valence-electron chi connectivity index (χ0n) is 10.1. The van der Waals surface area contributed by atoms with Crippen LogP contribution in [0.15, 0.2) is 24.3 Å². The minimum Gasteiger partial charge on any atom is -0.497 e. The highest BCUT2D eigenvalue weighted by Crippen LogP contribution is 2.14. The highest BCUT2D eigenvalue weighted by Gasteiger charge is 2.31. The molecule has 0 N–H and O–H groups in total. The molecular weight excluding hydrogens is 224 g/mol. The quantitative estimate of drug-likeness (QED) is 0.716. The van der Waals surface area contributed by atoms with Gasteiger partial charge in [-0.3, -0.25) is 0 Å². The smallest absolute Gasteiger partial charge is 0.497 e. The molecule has 0 fully saturated rings. The summed E-state index contributed by atoms with van der Waals surface area (Å²) in [5, 5.41) is 0. The minimum atomic E-state index is -2.43. The van der Waals surface area contributed by atoms with Crippen molar-refractivity contribution in [1.82, 2.24) is 0 Å². The Bertz CT molecular complexity index is 308. The van der Waals surface area contributed by atoms with E-state index < -0.39 is 8.80 Å². The van der Waals surface area contributed by atoms with Gasteiger partial charge in [-0.15, -0.1) is 0 Å². The number of hydrogen-bond acceptors (Lipinski definition) is 4. The van der Waals surface area contributed by atoms with E-state index in [9.17, 15) is 0 Å². The fourth-order valence-corrected chi connectivity index (χ4v) is 1.97. The van der Waals surface area contributed by atoms with Crippen molar-refractivity contribution < 1.29 is 18.0 Å². The van der Waals surface area contributed by atoms with Gasteiger partial charge in [0.15, 0.2) is 0 Å². The summed E-state index contributed by atoms with van der Waals surface area (Å²) in [4.78, 5) is 0. The summed E-state index contributed by atoms with van der Waals surface area (Å²) < 4.78 is 21.2. The van der Waals surface area contributed by atoms with Crippen LogP contribution in [0.25, 0.3) is 0 Å². The van der Waals surface area contributed by atoms with E-state index in [4.69, 9.17) is 18.0 Å². The maximum absolute atomic E-state index is 5.64. The molecule has 0 aromatic heterocycles. The molecule has 0 spiro atoms. The van der Waals surface area contributed by atoms with E-state index in [0.29, 0.717) is 6.61 Å². The van der Waals surface area contributed by atoms with Gasteiger partial charge < -0.3 is 18.0 Å². The third kappa shape index (κ3) is 3.60. The minimum absolute atomic E-state index is 0.481. The van der Waals surface area contributed by atoms with Gasteiger partial charge >= 0.3 is 8.80 Å². The molecule has 0 aliphatic carbocycles. The average Bonchev–Trinajstić information content (AvgIpc) is 2.36. The Morgan fingerprint density at radius 3 is 2.00 bits per heavy atom. The van der Waals surface area contributed by atoms with Crippen LogP contribution >= 0.6 is 0 Å². The van der Waals surface area contributed by atoms with E-state index in [2.05, 4.69) is 0 Å². The maximum Gasteiger partial charge on any atom is 0.497 e. The number of rotatable bonds is 6. The summed E-state index contributed by atoms with van der Waals surface area (Å²) in [6, 6.07) is 7.71. The van der Waals surface area contributed by atoms with Gasteiger partial charge in [0, 0.05) is 20.8 Å². The first kappa shape index (κ1) is 13.2. The molecule has 0 amide bonds. The molecule has 1 aromatic carbocycles. The lowest BCUT2D eigenvalue weighted by molar-refractivity contribution is 0.0987. The Labute approximate surface area is 97.5 Å². The molecule has 0 aliphatic heterocycles. The van der Waals surface area contributed by atoms with Crippen LogP contribution in [0.1, 0.15) is 5.56 Å². The molecule has 1 rings (SSSR count). The standard InChI is InChI=1S/C11H18O4Si/c1-12-11-7-5-10(6-8-11)9-15-16(4,13-2)14-3/h5-8H,9H2,1-4H3. The first-order valence-electron chi connectivity index (χ1n) is 5.00. The number of ether oxygens (including phenoxy) is 1. The summed E-state index contributed by atoms with van der Waals surface area (Å²) in [7, 11) is 2.41. The molecule has 90 valence electrons. The van der Waals surface area contributed by atoms with Gasteiger partial charge in [0.05, 0.1) is 13.7 Å². The lowest BCUT2D eigenvalue weighted by atomic mass is 10.2. The third-order valence-electron chi connectivity index (χ3n) is 2.40. The van der Waals surface area contributed by atoms with Crippen LogP contribution in [0, 0.1) is 0 Å². The molecule has 0 atom stereocenters. The first-order valence-corrected chi connectivity index (χ1v) is 7.23. The Morgan fingerprint density at radius 1 is 1.00 bits per heavy atom. The first-order chi connectivity index (χ1) is 7.63. The molecule has 0 bridgehead atoms. The van der Waals surface area contributed by atoms with Gasteiger partial charge in [-0.25, -0.2) is 0 Å². The topological polar surface area (TPSA) is 36.9 Å². The predicted molar refractivity (Wildman–Crippen MR) is 63.4 cm³/mol. The van der Waals surface area contributed by atoms with E-state index in [1.165, 1.54) is 0 Å².